The van der Waals surface area contributed by atoms with Crippen LogP contribution in [-0.4, -0.2) is 30.3 Å². The normalized spacial score (nSPS) is 20.6. The second kappa shape index (κ2) is 6.44. The number of amides is 1. The number of hydrogen-bond acceptors (Lipinski definition) is 5. The van der Waals surface area contributed by atoms with E-state index in [4.69, 9.17) is 0 Å². The zero-order chi connectivity index (χ0) is 18.4. The van der Waals surface area contributed by atoms with E-state index in [1.54, 1.807) is 6.20 Å². The van der Waals surface area contributed by atoms with E-state index < -0.39 is 0 Å². The predicted molar refractivity (Wildman–Crippen MR) is 103 cm³/mol. The molecule has 1 amide bonds. The summed E-state index contributed by atoms with van der Waals surface area (Å²) in [7, 11) is 0. The molecule has 2 fully saturated rings. The lowest BCUT2D eigenvalue weighted by atomic mass is 9.82. The lowest BCUT2D eigenvalue weighted by Gasteiger charge is -2.29. The Morgan fingerprint density at radius 3 is 2.85 bits per heavy atom. The van der Waals surface area contributed by atoms with E-state index in [-0.39, 0.29) is 17.5 Å². The Bertz CT molecular complexity index is 933. The first-order valence-electron chi connectivity index (χ1n) is 9.78. The van der Waals surface area contributed by atoms with E-state index in [0.29, 0.717) is 11.6 Å². The van der Waals surface area contributed by atoms with Gasteiger partial charge in [-0.1, -0.05) is 24.5 Å². The first-order chi connectivity index (χ1) is 13.1. The minimum atomic E-state index is -0.131. The van der Waals surface area contributed by atoms with Crippen molar-refractivity contribution < 1.29 is 4.79 Å². The second-order valence-electron chi connectivity index (χ2n) is 8.15. The predicted octanol–water partition coefficient (Wildman–Crippen LogP) is 3.55. The van der Waals surface area contributed by atoms with Gasteiger partial charge in [0.05, 0.1) is 17.8 Å². The highest BCUT2D eigenvalue weighted by atomic mass is 32.1. The van der Waals surface area contributed by atoms with Gasteiger partial charge in [-0.15, -0.1) is 16.4 Å². The molecule has 1 N–H and O–H groups in total. The quantitative estimate of drug-likeness (QED) is 0.730. The van der Waals surface area contributed by atoms with Crippen molar-refractivity contribution in [3.8, 4) is 0 Å². The Kier molecular flexibility index (Phi) is 4.03. The number of hydrogen-bond donors (Lipinski definition) is 1. The number of imidazole rings is 1. The van der Waals surface area contributed by atoms with Gasteiger partial charge in [-0.05, 0) is 38.5 Å². The molecule has 0 bridgehead atoms. The molecule has 2 aliphatic carbocycles. The average Bonchev–Trinajstić information content (AvgIpc) is 3.09. The Balaban J connectivity index is 1.41. The highest BCUT2D eigenvalue weighted by molar-refractivity contribution is 7.15. The van der Waals surface area contributed by atoms with E-state index in [0.717, 1.165) is 36.3 Å². The minimum Gasteiger partial charge on any atom is -0.342 e. The van der Waals surface area contributed by atoms with E-state index in [9.17, 15) is 4.79 Å². The van der Waals surface area contributed by atoms with Gasteiger partial charge in [0.15, 0.2) is 4.96 Å². The number of rotatable bonds is 5. The van der Waals surface area contributed by atoms with Gasteiger partial charge in [-0.25, -0.2) is 9.67 Å². The summed E-state index contributed by atoms with van der Waals surface area (Å²) in [5.41, 5.74) is 1.45. The van der Waals surface area contributed by atoms with Crippen LogP contribution in [0.3, 0.4) is 0 Å². The van der Waals surface area contributed by atoms with E-state index in [1.807, 2.05) is 26.9 Å². The van der Waals surface area contributed by atoms with Gasteiger partial charge in [0.1, 0.15) is 11.4 Å². The van der Waals surface area contributed by atoms with Gasteiger partial charge in [0.25, 0.3) is 5.91 Å². The third-order valence-corrected chi connectivity index (χ3v) is 6.86. The number of thiazole rings is 1. The van der Waals surface area contributed by atoms with Gasteiger partial charge in [0, 0.05) is 17.8 Å². The second-order valence-corrected chi connectivity index (χ2v) is 9.03. The van der Waals surface area contributed by atoms with Gasteiger partial charge >= 0.3 is 0 Å². The molecule has 0 spiro atoms. The van der Waals surface area contributed by atoms with Crippen molar-refractivity contribution in [1.29, 1.82) is 0 Å². The lowest BCUT2D eigenvalue weighted by molar-refractivity contribution is 0.0906. The highest BCUT2D eigenvalue weighted by Gasteiger charge is 2.41. The summed E-state index contributed by atoms with van der Waals surface area (Å²) in [4.78, 5) is 18.2. The fourth-order valence-corrected chi connectivity index (χ4v) is 4.75. The minimum absolute atomic E-state index is 0.103. The molecule has 142 valence electrons. The van der Waals surface area contributed by atoms with Crippen LogP contribution in [0, 0.1) is 5.92 Å². The van der Waals surface area contributed by atoms with Crippen LogP contribution in [0.4, 0.5) is 0 Å². The maximum absolute atomic E-state index is 12.9. The molecular weight excluding hydrogens is 360 g/mol. The molecule has 2 aliphatic rings. The van der Waals surface area contributed by atoms with Crippen LogP contribution in [0.5, 0.6) is 0 Å². The first-order valence-corrected chi connectivity index (χ1v) is 10.7. The summed E-state index contributed by atoms with van der Waals surface area (Å²) >= 11 is 1.53. The molecule has 27 heavy (non-hydrogen) atoms. The molecule has 8 heteroatoms. The molecular formula is C19H24N6OS. The molecule has 1 atom stereocenters. The van der Waals surface area contributed by atoms with Crippen molar-refractivity contribution in [2.75, 3.05) is 0 Å². The van der Waals surface area contributed by atoms with Crippen LogP contribution < -0.4 is 5.32 Å². The van der Waals surface area contributed by atoms with Crippen molar-refractivity contribution in [2.24, 2.45) is 5.92 Å². The van der Waals surface area contributed by atoms with E-state index in [1.165, 1.54) is 30.6 Å². The Morgan fingerprint density at radius 2 is 2.11 bits per heavy atom. The summed E-state index contributed by atoms with van der Waals surface area (Å²) in [6, 6.07) is -0.103. The maximum Gasteiger partial charge on any atom is 0.272 e. The number of nitrogens with one attached hydrogen (secondary N) is 1. The first kappa shape index (κ1) is 16.9. The van der Waals surface area contributed by atoms with Crippen molar-refractivity contribution in [1.82, 2.24) is 29.7 Å². The standard InChI is InChI=1S/C19H24N6OS/c1-19(7-8-19)25-12-14(22-23-25)16(13-5-3-2-4-6-13)21-17(26)15-11-24-9-10-27-18(24)20-15/h9-13,16H,2-8H2,1H3,(H,21,26). The molecule has 0 radical (unpaired) electrons. The molecule has 0 aliphatic heterocycles. The van der Waals surface area contributed by atoms with Crippen LogP contribution in [0.15, 0.2) is 24.0 Å². The number of carbonyl (C=O) groups is 1. The largest absolute Gasteiger partial charge is 0.342 e. The smallest absolute Gasteiger partial charge is 0.272 e. The van der Waals surface area contributed by atoms with Crippen LogP contribution in [0.25, 0.3) is 4.96 Å². The Hall–Kier alpha value is -2.22. The SMILES string of the molecule is CC1(n2cc(C(NC(=O)c3cn4ccsc4n3)C3CCCCC3)nn2)CC1. The van der Waals surface area contributed by atoms with Crippen LogP contribution in [0.1, 0.15) is 74.1 Å². The molecule has 2 saturated carbocycles. The number of carbonyl (C=O) groups excluding carboxylic acids is 1. The molecule has 0 saturated heterocycles. The molecule has 0 aromatic carbocycles. The van der Waals surface area contributed by atoms with Crippen molar-refractivity contribution in [2.45, 2.75) is 63.5 Å². The molecule has 3 heterocycles. The maximum atomic E-state index is 12.9. The molecule has 5 rings (SSSR count). The fraction of sp³-hybridized carbons (Fsp3) is 0.579. The average molecular weight is 385 g/mol. The molecule has 7 nitrogen and oxygen atoms in total. The fourth-order valence-electron chi connectivity index (χ4n) is 4.05. The molecule has 1 unspecified atom stereocenters. The van der Waals surface area contributed by atoms with Crippen LogP contribution in [-0.2, 0) is 5.54 Å². The summed E-state index contributed by atoms with van der Waals surface area (Å²) in [6.45, 7) is 2.21. The van der Waals surface area contributed by atoms with Crippen molar-refractivity contribution in [3.63, 3.8) is 0 Å². The zero-order valence-electron chi connectivity index (χ0n) is 15.5. The van der Waals surface area contributed by atoms with E-state index in [2.05, 4.69) is 27.5 Å². The van der Waals surface area contributed by atoms with Crippen molar-refractivity contribution in [3.05, 3.63) is 35.4 Å². The molecule has 3 aromatic heterocycles. The lowest BCUT2D eigenvalue weighted by Crippen LogP contribution is -2.35. The molecule has 3 aromatic rings. The Labute approximate surface area is 161 Å². The van der Waals surface area contributed by atoms with Gasteiger partial charge in [-0.3, -0.25) is 9.20 Å². The summed E-state index contributed by atoms with van der Waals surface area (Å²) in [6.07, 6.45) is 14.0. The third kappa shape index (κ3) is 3.16. The van der Waals surface area contributed by atoms with Gasteiger partial charge < -0.3 is 5.32 Å². The zero-order valence-corrected chi connectivity index (χ0v) is 16.3. The van der Waals surface area contributed by atoms with E-state index >= 15 is 0 Å². The van der Waals surface area contributed by atoms with Gasteiger partial charge in [0.2, 0.25) is 0 Å². The number of nitrogens with zero attached hydrogens (tertiary/aromatic N) is 5. The summed E-state index contributed by atoms with van der Waals surface area (Å²) in [5, 5.41) is 14.0. The number of aromatic nitrogens is 5. The monoisotopic (exact) mass is 384 g/mol. The van der Waals surface area contributed by atoms with Crippen LogP contribution >= 0.6 is 11.3 Å². The Morgan fingerprint density at radius 1 is 1.30 bits per heavy atom. The van der Waals surface area contributed by atoms with Gasteiger partial charge in [-0.2, -0.15) is 0 Å². The van der Waals surface area contributed by atoms with Crippen molar-refractivity contribution >= 4 is 22.2 Å². The third-order valence-electron chi connectivity index (χ3n) is 6.09. The van der Waals surface area contributed by atoms with Crippen LogP contribution in [0.2, 0.25) is 0 Å². The summed E-state index contributed by atoms with van der Waals surface area (Å²) in [5.74, 6) is 0.275. The topological polar surface area (TPSA) is 77.1 Å². The highest BCUT2D eigenvalue weighted by Crippen LogP contribution is 2.42. The number of fused-ring (bicyclic) bond motifs is 1. The summed E-state index contributed by atoms with van der Waals surface area (Å²) < 4.78 is 3.87.